The molecule has 2 heterocycles. The van der Waals surface area contributed by atoms with E-state index in [1.165, 1.54) is 18.0 Å². The molecule has 1 amide bonds. The Bertz CT molecular complexity index is 994. The molecule has 3 N–H and O–H groups in total. The number of hydrazone groups is 1. The maximum atomic E-state index is 12.3. The highest BCUT2D eigenvalue weighted by Crippen LogP contribution is 2.26. The first-order valence-electron chi connectivity index (χ1n) is 7.61. The molecule has 12 heteroatoms. The van der Waals surface area contributed by atoms with Crippen LogP contribution in [0.3, 0.4) is 0 Å². The number of hydrogen-bond acceptors (Lipinski definition) is 10. The van der Waals surface area contributed by atoms with Crippen LogP contribution in [0.15, 0.2) is 27.9 Å². The van der Waals surface area contributed by atoms with E-state index < -0.39 is 5.91 Å². The van der Waals surface area contributed by atoms with E-state index in [4.69, 9.17) is 15.2 Å². The predicted molar refractivity (Wildman–Crippen MR) is 93.0 cm³/mol. The SMILES string of the molecule is COc1ccc(/C=N/NC(=O)c2nnn(-c3nonc3N)c2C)cc1OC. The van der Waals surface area contributed by atoms with Crippen molar-refractivity contribution in [1.82, 2.24) is 30.7 Å². The van der Waals surface area contributed by atoms with E-state index >= 15 is 0 Å². The minimum Gasteiger partial charge on any atom is -0.493 e. The van der Waals surface area contributed by atoms with Gasteiger partial charge in [0.15, 0.2) is 17.2 Å². The van der Waals surface area contributed by atoms with Crippen LogP contribution >= 0.6 is 0 Å². The largest absolute Gasteiger partial charge is 0.493 e. The molecule has 0 spiro atoms. The fraction of sp³-hybridized carbons (Fsp3) is 0.200. The van der Waals surface area contributed by atoms with Crippen LogP contribution in [0.25, 0.3) is 5.82 Å². The average molecular weight is 372 g/mol. The summed E-state index contributed by atoms with van der Waals surface area (Å²) >= 11 is 0. The number of hydrogen-bond donors (Lipinski definition) is 2. The van der Waals surface area contributed by atoms with Crippen molar-refractivity contribution >= 4 is 17.9 Å². The van der Waals surface area contributed by atoms with Crippen LogP contribution in [0, 0.1) is 6.92 Å². The quantitative estimate of drug-likeness (QED) is 0.459. The zero-order valence-corrected chi connectivity index (χ0v) is 14.7. The number of ether oxygens (including phenoxy) is 2. The first kappa shape index (κ1) is 17.8. The smallest absolute Gasteiger partial charge is 0.293 e. The number of carbonyl (C=O) groups excluding carboxylic acids is 1. The number of carbonyl (C=O) groups is 1. The van der Waals surface area contributed by atoms with Crippen LogP contribution in [0.5, 0.6) is 11.5 Å². The number of nitrogens with two attached hydrogens (primary N) is 1. The van der Waals surface area contributed by atoms with Gasteiger partial charge >= 0.3 is 0 Å². The third-order valence-electron chi connectivity index (χ3n) is 3.59. The number of rotatable bonds is 6. The Morgan fingerprint density at radius 2 is 2.07 bits per heavy atom. The normalized spacial score (nSPS) is 10.9. The summed E-state index contributed by atoms with van der Waals surface area (Å²) in [7, 11) is 3.08. The van der Waals surface area contributed by atoms with Gasteiger partial charge in [-0.2, -0.15) is 9.78 Å². The molecule has 0 saturated carbocycles. The number of nitrogens with one attached hydrogen (secondary N) is 1. The van der Waals surface area contributed by atoms with E-state index in [2.05, 4.69) is 35.8 Å². The van der Waals surface area contributed by atoms with Gasteiger partial charge in [-0.1, -0.05) is 5.21 Å². The Balaban J connectivity index is 1.72. The molecule has 140 valence electrons. The van der Waals surface area contributed by atoms with E-state index in [1.54, 1.807) is 32.2 Å². The Morgan fingerprint density at radius 3 is 2.74 bits per heavy atom. The molecule has 3 rings (SSSR count). The Kier molecular flexibility index (Phi) is 4.97. The lowest BCUT2D eigenvalue weighted by atomic mass is 10.2. The summed E-state index contributed by atoms with van der Waals surface area (Å²) in [5.41, 5.74) is 9.16. The summed E-state index contributed by atoms with van der Waals surface area (Å²) in [6.45, 7) is 1.63. The summed E-state index contributed by atoms with van der Waals surface area (Å²) < 4.78 is 16.1. The molecule has 1 aromatic carbocycles. The lowest BCUT2D eigenvalue weighted by Gasteiger charge is -2.07. The van der Waals surface area contributed by atoms with Crippen molar-refractivity contribution < 1.29 is 18.9 Å². The molecule has 0 saturated heterocycles. The monoisotopic (exact) mass is 372 g/mol. The zero-order chi connectivity index (χ0) is 19.4. The molecular weight excluding hydrogens is 356 g/mol. The number of nitrogens with zero attached hydrogens (tertiary/aromatic N) is 6. The third-order valence-corrected chi connectivity index (χ3v) is 3.59. The average Bonchev–Trinajstić information content (AvgIpc) is 3.26. The standard InChI is InChI=1S/C15H16N8O4/c1-8-12(18-22-23(8)14-13(16)20-27-21-14)15(24)19-17-7-9-4-5-10(25-2)11(6-9)26-3/h4-7H,1-3H3,(H2,16,20)(H,19,24)/b17-7+. The Morgan fingerprint density at radius 1 is 1.30 bits per heavy atom. The van der Waals surface area contributed by atoms with Crippen molar-refractivity contribution in [2.45, 2.75) is 6.92 Å². The third kappa shape index (κ3) is 3.53. The molecule has 0 aliphatic rings. The minimum absolute atomic E-state index is 0.0291. The Hall–Kier alpha value is -3.96. The van der Waals surface area contributed by atoms with E-state index in [0.717, 1.165) is 0 Å². The van der Waals surface area contributed by atoms with Gasteiger partial charge < -0.3 is 15.2 Å². The molecule has 0 unspecified atom stereocenters. The number of methoxy groups -OCH3 is 2. The highest BCUT2D eigenvalue weighted by Gasteiger charge is 2.20. The number of amides is 1. The second-order valence-electron chi connectivity index (χ2n) is 5.22. The van der Waals surface area contributed by atoms with Crippen LogP contribution in [0.4, 0.5) is 5.82 Å². The molecule has 0 fully saturated rings. The first-order valence-corrected chi connectivity index (χ1v) is 7.61. The van der Waals surface area contributed by atoms with Crippen LogP contribution in [0.2, 0.25) is 0 Å². The van der Waals surface area contributed by atoms with Gasteiger partial charge in [0.25, 0.3) is 5.91 Å². The molecule has 0 aliphatic heterocycles. The first-order chi connectivity index (χ1) is 13.0. The highest BCUT2D eigenvalue weighted by atomic mass is 16.6. The lowest BCUT2D eigenvalue weighted by Crippen LogP contribution is -2.19. The summed E-state index contributed by atoms with van der Waals surface area (Å²) in [6, 6.07) is 5.21. The summed E-state index contributed by atoms with van der Waals surface area (Å²) in [4.78, 5) is 12.3. The van der Waals surface area contributed by atoms with Gasteiger partial charge in [0, 0.05) is 0 Å². The van der Waals surface area contributed by atoms with E-state index in [-0.39, 0.29) is 17.3 Å². The van der Waals surface area contributed by atoms with Crippen molar-refractivity contribution in [2.24, 2.45) is 5.10 Å². The lowest BCUT2D eigenvalue weighted by molar-refractivity contribution is 0.0949. The molecule has 0 atom stereocenters. The van der Waals surface area contributed by atoms with Gasteiger partial charge in [0.05, 0.1) is 26.1 Å². The van der Waals surface area contributed by atoms with Crippen LogP contribution in [-0.2, 0) is 0 Å². The summed E-state index contributed by atoms with van der Waals surface area (Å²) in [5.74, 6) is 0.762. The summed E-state index contributed by atoms with van der Waals surface area (Å²) in [6.07, 6.45) is 1.46. The maximum Gasteiger partial charge on any atom is 0.293 e. The number of benzene rings is 1. The topological polar surface area (TPSA) is 156 Å². The van der Waals surface area contributed by atoms with Gasteiger partial charge in [-0.15, -0.1) is 5.10 Å². The fourth-order valence-corrected chi connectivity index (χ4v) is 2.23. The van der Waals surface area contributed by atoms with Gasteiger partial charge in [0.2, 0.25) is 11.6 Å². The minimum atomic E-state index is -0.550. The zero-order valence-electron chi connectivity index (χ0n) is 14.7. The molecule has 2 aromatic heterocycles. The number of aromatic nitrogens is 5. The molecule has 27 heavy (non-hydrogen) atoms. The molecule has 0 radical (unpaired) electrons. The second kappa shape index (κ2) is 7.51. The fourth-order valence-electron chi connectivity index (χ4n) is 2.23. The van der Waals surface area contributed by atoms with Crippen molar-refractivity contribution in [1.29, 1.82) is 0 Å². The van der Waals surface area contributed by atoms with Gasteiger partial charge in [0.1, 0.15) is 0 Å². The van der Waals surface area contributed by atoms with Crippen LogP contribution < -0.4 is 20.6 Å². The van der Waals surface area contributed by atoms with Crippen molar-refractivity contribution in [3.63, 3.8) is 0 Å². The van der Waals surface area contributed by atoms with Crippen LogP contribution in [-0.4, -0.2) is 51.6 Å². The number of anilines is 1. The number of nitrogen functional groups attached to an aromatic ring is 1. The molecule has 0 aliphatic carbocycles. The van der Waals surface area contributed by atoms with E-state index in [0.29, 0.717) is 22.8 Å². The van der Waals surface area contributed by atoms with Crippen molar-refractivity contribution in [2.75, 3.05) is 20.0 Å². The van der Waals surface area contributed by atoms with E-state index in [1.807, 2.05) is 0 Å². The molecule has 0 bridgehead atoms. The van der Waals surface area contributed by atoms with Gasteiger partial charge in [-0.25, -0.2) is 10.1 Å². The van der Waals surface area contributed by atoms with Crippen LogP contribution in [0.1, 0.15) is 21.7 Å². The molecule has 12 nitrogen and oxygen atoms in total. The van der Waals surface area contributed by atoms with Crippen molar-refractivity contribution in [3.05, 3.63) is 35.2 Å². The van der Waals surface area contributed by atoms with Crippen molar-refractivity contribution in [3.8, 4) is 17.3 Å². The van der Waals surface area contributed by atoms with Gasteiger partial charge in [-0.3, -0.25) is 4.79 Å². The predicted octanol–water partition coefficient (Wildman–Crippen LogP) is 0.322. The van der Waals surface area contributed by atoms with Gasteiger partial charge in [-0.05, 0) is 41.0 Å². The highest BCUT2D eigenvalue weighted by molar-refractivity contribution is 5.94. The summed E-state index contributed by atoms with van der Waals surface area (Å²) in [5, 5.41) is 18.6. The molecule has 3 aromatic rings. The maximum absolute atomic E-state index is 12.3. The Labute approximate surface area is 152 Å². The molecular formula is C15H16N8O4. The second-order valence-corrected chi connectivity index (χ2v) is 5.22. The van der Waals surface area contributed by atoms with E-state index in [9.17, 15) is 4.79 Å².